The summed E-state index contributed by atoms with van der Waals surface area (Å²) >= 11 is 0. The number of amides is 2. The van der Waals surface area contributed by atoms with Crippen molar-refractivity contribution in [2.75, 3.05) is 13.1 Å². The zero-order valence-electron chi connectivity index (χ0n) is 13.5. The van der Waals surface area contributed by atoms with Crippen molar-refractivity contribution in [2.45, 2.75) is 25.8 Å². The summed E-state index contributed by atoms with van der Waals surface area (Å²) in [5.74, 6) is 0.648. The molecule has 2 fully saturated rings. The molecule has 1 spiro atoms. The van der Waals surface area contributed by atoms with Crippen molar-refractivity contribution in [3.63, 3.8) is 0 Å². The topological polar surface area (TPSA) is 80.1 Å². The maximum absolute atomic E-state index is 12.4. The van der Waals surface area contributed by atoms with Crippen LogP contribution in [0.15, 0.2) is 36.9 Å². The molecule has 24 heavy (non-hydrogen) atoms. The Kier molecular flexibility index (Phi) is 3.37. The zero-order chi connectivity index (χ0) is 16.7. The summed E-state index contributed by atoms with van der Waals surface area (Å²) in [6.07, 6.45) is 6.98. The number of aromatic nitrogens is 3. The summed E-state index contributed by atoms with van der Waals surface area (Å²) in [6.45, 7) is 3.25. The van der Waals surface area contributed by atoms with Crippen LogP contribution in [0.3, 0.4) is 0 Å². The van der Waals surface area contributed by atoms with E-state index >= 15 is 0 Å². The van der Waals surface area contributed by atoms with Crippen molar-refractivity contribution < 1.29 is 9.59 Å². The van der Waals surface area contributed by atoms with Gasteiger partial charge in [0.2, 0.25) is 5.91 Å². The second-order valence-electron chi connectivity index (χ2n) is 6.80. The standard InChI is InChI=1S/C17H19N5O2/c1-12(23)22-9-17(10-22)7-13(8-17)19-16(24)14-3-2-4-15(20-14)21-6-5-18-11-21/h2-6,11,13H,7-10H2,1H3,(H,19,24). The largest absolute Gasteiger partial charge is 0.348 e. The molecule has 0 atom stereocenters. The van der Waals surface area contributed by atoms with Crippen molar-refractivity contribution in [2.24, 2.45) is 5.41 Å². The van der Waals surface area contributed by atoms with Gasteiger partial charge in [0, 0.05) is 43.9 Å². The highest BCUT2D eigenvalue weighted by Gasteiger charge is 2.53. The number of rotatable bonds is 3. The van der Waals surface area contributed by atoms with E-state index < -0.39 is 0 Å². The minimum atomic E-state index is -0.153. The fourth-order valence-electron chi connectivity index (χ4n) is 3.68. The van der Waals surface area contributed by atoms with Crippen LogP contribution in [0.1, 0.15) is 30.3 Å². The smallest absolute Gasteiger partial charge is 0.270 e. The normalized spacial score (nSPS) is 18.8. The molecule has 1 aliphatic carbocycles. The molecule has 0 aromatic carbocycles. The second-order valence-corrected chi connectivity index (χ2v) is 6.80. The molecule has 2 aliphatic rings. The molecule has 3 heterocycles. The van der Waals surface area contributed by atoms with Crippen LogP contribution < -0.4 is 5.32 Å². The number of imidazole rings is 1. The molecule has 0 unspecified atom stereocenters. The van der Waals surface area contributed by atoms with Gasteiger partial charge < -0.3 is 10.2 Å². The molecular weight excluding hydrogens is 306 g/mol. The van der Waals surface area contributed by atoms with Gasteiger partial charge in [0.15, 0.2) is 0 Å². The van der Waals surface area contributed by atoms with Crippen molar-refractivity contribution >= 4 is 11.8 Å². The predicted molar refractivity (Wildman–Crippen MR) is 86.5 cm³/mol. The van der Waals surface area contributed by atoms with E-state index in [2.05, 4.69) is 15.3 Å². The summed E-state index contributed by atoms with van der Waals surface area (Å²) in [7, 11) is 0. The molecule has 1 aliphatic heterocycles. The first-order valence-electron chi connectivity index (χ1n) is 8.06. The first-order valence-corrected chi connectivity index (χ1v) is 8.06. The number of nitrogens with zero attached hydrogens (tertiary/aromatic N) is 4. The van der Waals surface area contributed by atoms with Crippen molar-refractivity contribution in [3.05, 3.63) is 42.6 Å². The van der Waals surface area contributed by atoms with Gasteiger partial charge in [0.1, 0.15) is 17.8 Å². The van der Waals surface area contributed by atoms with Crippen LogP contribution in [-0.4, -0.2) is 50.4 Å². The van der Waals surface area contributed by atoms with Gasteiger partial charge in [-0.05, 0) is 25.0 Å². The first kappa shape index (κ1) is 14.9. The maximum atomic E-state index is 12.4. The van der Waals surface area contributed by atoms with Crippen LogP contribution in [0.4, 0.5) is 0 Å². The lowest BCUT2D eigenvalue weighted by Crippen LogP contribution is -2.67. The van der Waals surface area contributed by atoms with Crippen molar-refractivity contribution in [1.82, 2.24) is 24.8 Å². The molecular formula is C17H19N5O2. The highest BCUT2D eigenvalue weighted by atomic mass is 16.2. The molecule has 1 N–H and O–H groups in total. The lowest BCUT2D eigenvalue weighted by molar-refractivity contribution is -0.149. The molecule has 1 saturated carbocycles. The SMILES string of the molecule is CC(=O)N1CC2(CC(NC(=O)c3cccc(-n4ccnc4)n3)C2)C1. The summed E-state index contributed by atoms with van der Waals surface area (Å²) in [6, 6.07) is 5.54. The van der Waals surface area contributed by atoms with E-state index in [1.807, 2.05) is 17.0 Å². The summed E-state index contributed by atoms with van der Waals surface area (Å²) in [5, 5.41) is 3.04. The van der Waals surface area contributed by atoms with E-state index in [4.69, 9.17) is 0 Å². The lowest BCUT2D eigenvalue weighted by atomic mass is 9.60. The third kappa shape index (κ3) is 2.55. The van der Waals surface area contributed by atoms with Gasteiger partial charge in [-0.1, -0.05) is 6.07 Å². The Morgan fingerprint density at radius 1 is 1.29 bits per heavy atom. The molecule has 7 heteroatoms. The zero-order valence-corrected chi connectivity index (χ0v) is 13.5. The van der Waals surface area contributed by atoms with E-state index in [-0.39, 0.29) is 23.3 Å². The molecule has 4 rings (SSSR count). The predicted octanol–water partition coefficient (Wildman–Crippen LogP) is 1.01. The highest BCUT2D eigenvalue weighted by Crippen LogP contribution is 2.48. The van der Waals surface area contributed by atoms with Gasteiger partial charge in [-0.15, -0.1) is 0 Å². The van der Waals surface area contributed by atoms with Crippen molar-refractivity contribution in [1.29, 1.82) is 0 Å². The first-order chi connectivity index (χ1) is 11.5. The van der Waals surface area contributed by atoms with Gasteiger partial charge in [-0.3, -0.25) is 14.2 Å². The third-order valence-corrected chi connectivity index (χ3v) is 4.93. The maximum Gasteiger partial charge on any atom is 0.270 e. The number of carbonyl (C=O) groups is 2. The van der Waals surface area contributed by atoms with Crippen LogP contribution in [0, 0.1) is 5.41 Å². The Bertz CT molecular complexity index is 772. The highest BCUT2D eigenvalue weighted by molar-refractivity contribution is 5.92. The fraction of sp³-hybridized carbons (Fsp3) is 0.412. The quantitative estimate of drug-likeness (QED) is 0.913. The fourth-order valence-corrected chi connectivity index (χ4v) is 3.68. The van der Waals surface area contributed by atoms with Gasteiger partial charge in [0.25, 0.3) is 5.91 Å². The average molecular weight is 325 g/mol. The van der Waals surface area contributed by atoms with Gasteiger partial charge in [0.05, 0.1) is 0 Å². The van der Waals surface area contributed by atoms with E-state index in [1.54, 1.807) is 36.3 Å². The lowest BCUT2D eigenvalue weighted by Gasteiger charge is -2.58. The molecule has 2 amide bonds. The van der Waals surface area contributed by atoms with Crippen molar-refractivity contribution in [3.8, 4) is 5.82 Å². The average Bonchev–Trinajstić information content (AvgIpc) is 3.02. The molecule has 0 radical (unpaired) electrons. The van der Waals surface area contributed by atoms with E-state index in [0.29, 0.717) is 11.5 Å². The minimum absolute atomic E-state index is 0.133. The second kappa shape index (κ2) is 5.43. The monoisotopic (exact) mass is 325 g/mol. The Labute approximate surface area is 139 Å². The molecule has 2 aromatic heterocycles. The number of nitrogens with one attached hydrogen (secondary N) is 1. The van der Waals surface area contributed by atoms with Gasteiger partial charge in [-0.25, -0.2) is 9.97 Å². The summed E-state index contributed by atoms with van der Waals surface area (Å²) in [4.78, 5) is 33.9. The van der Waals surface area contributed by atoms with E-state index in [0.717, 1.165) is 25.9 Å². The Morgan fingerprint density at radius 3 is 2.75 bits per heavy atom. The van der Waals surface area contributed by atoms with Crippen LogP contribution in [-0.2, 0) is 4.79 Å². The minimum Gasteiger partial charge on any atom is -0.348 e. The Balaban J connectivity index is 1.35. The third-order valence-electron chi connectivity index (χ3n) is 4.93. The van der Waals surface area contributed by atoms with E-state index in [9.17, 15) is 9.59 Å². The molecule has 7 nitrogen and oxygen atoms in total. The number of likely N-dealkylation sites (tertiary alicyclic amines) is 1. The molecule has 0 bridgehead atoms. The number of hydrogen-bond acceptors (Lipinski definition) is 4. The summed E-state index contributed by atoms with van der Waals surface area (Å²) < 4.78 is 1.76. The number of hydrogen-bond donors (Lipinski definition) is 1. The van der Waals surface area contributed by atoms with Gasteiger partial charge in [-0.2, -0.15) is 0 Å². The number of carbonyl (C=O) groups excluding carboxylic acids is 2. The summed E-state index contributed by atoms with van der Waals surface area (Å²) in [5.41, 5.74) is 0.636. The van der Waals surface area contributed by atoms with Crippen LogP contribution in [0.2, 0.25) is 0 Å². The van der Waals surface area contributed by atoms with Crippen LogP contribution >= 0.6 is 0 Å². The van der Waals surface area contributed by atoms with Crippen LogP contribution in [0.5, 0.6) is 0 Å². The molecule has 2 aromatic rings. The van der Waals surface area contributed by atoms with E-state index in [1.165, 1.54) is 0 Å². The Morgan fingerprint density at radius 2 is 2.08 bits per heavy atom. The number of pyridine rings is 1. The Hall–Kier alpha value is -2.70. The van der Waals surface area contributed by atoms with Crippen LogP contribution in [0.25, 0.3) is 5.82 Å². The molecule has 124 valence electrons. The van der Waals surface area contributed by atoms with Gasteiger partial charge >= 0.3 is 0 Å². The molecule has 1 saturated heterocycles.